The molecule has 1 amide bonds. The summed E-state index contributed by atoms with van der Waals surface area (Å²) in [7, 11) is 0. The van der Waals surface area contributed by atoms with Crippen molar-refractivity contribution in [2.24, 2.45) is 0 Å². The lowest BCUT2D eigenvalue weighted by molar-refractivity contribution is 0.0934. The van der Waals surface area contributed by atoms with Crippen LogP contribution in [0.5, 0.6) is 0 Å². The van der Waals surface area contributed by atoms with Crippen molar-refractivity contribution >= 4 is 5.91 Å². The summed E-state index contributed by atoms with van der Waals surface area (Å²) in [5.41, 5.74) is 3.80. The monoisotopic (exact) mass is 355 g/mol. The number of carbonyl (C=O) groups is 1. The van der Waals surface area contributed by atoms with Crippen LogP contribution in [-0.2, 0) is 0 Å². The molecule has 5 heteroatoms. The predicted octanol–water partition coefficient (Wildman–Crippen LogP) is 3.98. The van der Waals surface area contributed by atoms with E-state index in [1.54, 1.807) is 0 Å². The first-order valence-corrected chi connectivity index (χ1v) is 9.53. The predicted molar refractivity (Wildman–Crippen MR) is 102 cm³/mol. The summed E-state index contributed by atoms with van der Waals surface area (Å²) >= 11 is 0. The Bertz CT molecular complexity index is 760. The molecule has 140 valence electrons. The van der Waals surface area contributed by atoms with E-state index in [1.165, 1.54) is 24.0 Å². The van der Waals surface area contributed by atoms with E-state index in [0.29, 0.717) is 23.6 Å². The lowest BCUT2D eigenvalue weighted by Crippen LogP contribution is -2.37. The van der Waals surface area contributed by atoms with Gasteiger partial charge in [-0.05, 0) is 50.9 Å². The minimum Gasteiger partial charge on any atom is -0.360 e. The summed E-state index contributed by atoms with van der Waals surface area (Å²) in [6, 6.07) is 8.66. The van der Waals surface area contributed by atoms with E-state index in [0.717, 1.165) is 13.1 Å². The molecular formula is C21H29N3O2. The number of rotatable bonds is 6. The molecule has 0 aliphatic carbocycles. The molecule has 0 bridgehead atoms. The molecular weight excluding hydrogens is 326 g/mol. The van der Waals surface area contributed by atoms with Gasteiger partial charge in [0.1, 0.15) is 5.56 Å². The fourth-order valence-corrected chi connectivity index (χ4v) is 3.78. The molecule has 1 saturated heterocycles. The van der Waals surface area contributed by atoms with Crippen LogP contribution in [-0.4, -0.2) is 35.6 Å². The van der Waals surface area contributed by atoms with Crippen LogP contribution < -0.4 is 5.32 Å². The number of hydrogen-bond acceptors (Lipinski definition) is 4. The lowest BCUT2D eigenvalue weighted by atomic mass is 9.99. The Balaban J connectivity index is 1.79. The first kappa shape index (κ1) is 18.6. The molecule has 5 nitrogen and oxygen atoms in total. The smallest absolute Gasteiger partial charge is 0.256 e. The van der Waals surface area contributed by atoms with Crippen LogP contribution in [0.4, 0.5) is 0 Å². The molecule has 26 heavy (non-hydrogen) atoms. The van der Waals surface area contributed by atoms with E-state index < -0.39 is 0 Å². The van der Waals surface area contributed by atoms with Crippen molar-refractivity contribution in [1.29, 1.82) is 0 Å². The standard InChI is InChI=1S/C21H29N3O2/c1-14(2)20-19(16(4)23-26-20)21(25)22-13-18(24-11-7-8-12-24)17-10-6-5-9-15(17)3/h5-6,9-10,14,18H,7-8,11-13H2,1-4H3,(H,22,25). The third kappa shape index (κ3) is 3.83. The number of aryl methyl sites for hydroxylation is 2. The van der Waals surface area contributed by atoms with Gasteiger partial charge in [-0.25, -0.2) is 0 Å². The van der Waals surface area contributed by atoms with Crippen LogP contribution in [0, 0.1) is 13.8 Å². The second-order valence-corrected chi connectivity index (χ2v) is 7.49. The van der Waals surface area contributed by atoms with Crippen molar-refractivity contribution in [3.63, 3.8) is 0 Å². The van der Waals surface area contributed by atoms with Gasteiger partial charge in [-0.3, -0.25) is 9.69 Å². The Morgan fingerprint density at radius 3 is 2.58 bits per heavy atom. The maximum absolute atomic E-state index is 12.9. The summed E-state index contributed by atoms with van der Waals surface area (Å²) in [5, 5.41) is 7.13. The molecule has 1 fully saturated rings. The van der Waals surface area contributed by atoms with Gasteiger partial charge < -0.3 is 9.84 Å². The highest BCUT2D eigenvalue weighted by Gasteiger charge is 2.27. The third-order valence-electron chi connectivity index (χ3n) is 5.23. The zero-order valence-corrected chi connectivity index (χ0v) is 16.2. The van der Waals surface area contributed by atoms with Gasteiger partial charge in [0.25, 0.3) is 5.91 Å². The van der Waals surface area contributed by atoms with Crippen LogP contribution in [0.2, 0.25) is 0 Å². The van der Waals surface area contributed by atoms with Crippen LogP contribution in [0.1, 0.15) is 71.6 Å². The molecule has 1 unspecified atom stereocenters. The molecule has 2 heterocycles. The number of nitrogens with one attached hydrogen (secondary N) is 1. The van der Waals surface area contributed by atoms with Gasteiger partial charge in [0.15, 0.2) is 5.76 Å². The fraction of sp³-hybridized carbons (Fsp3) is 0.524. The van der Waals surface area contributed by atoms with Crippen molar-refractivity contribution in [3.05, 3.63) is 52.4 Å². The van der Waals surface area contributed by atoms with Gasteiger partial charge in [0.2, 0.25) is 0 Å². The normalized spacial score (nSPS) is 16.2. The first-order chi connectivity index (χ1) is 12.5. The summed E-state index contributed by atoms with van der Waals surface area (Å²) in [4.78, 5) is 15.3. The van der Waals surface area contributed by atoms with Gasteiger partial charge in [-0.15, -0.1) is 0 Å². The van der Waals surface area contributed by atoms with Crippen LogP contribution in [0.3, 0.4) is 0 Å². The van der Waals surface area contributed by atoms with Gasteiger partial charge in [-0.1, -0.05) is 43.3 Å². The summed E-state index contributed by atoms with van der Waals surface area (Å²) in [6.45, 7) is 10.7. The van der Waals surface area contributed by atoms with Gasteiger partial charge in [0, 0.05) is 12.5 Å². The topological polar surface area (TPSA) is 58.4 Å². The number of likely N-dealkylation sites (tertiary alicyclic amines) is 1. The Morgan fingerprint density at radius 2 is 1.92 bits per heavy atom. The fourth-order valence-electron chi connectivity index (χ4n) is 3.78. The Hall–Kier alpha value is -2.14. The molecule has 1 aromatic carbocycles. The zero-order valence-electron chi connectivity index (χ0n) is 16.2. The molecule has 1 atom stereocenters. The molecule has 0 spiro atoms. The maximum atomic E-state index is 12.9. The second kappa shape index (κ2) is 8.04. The minimum atomic E-state index is -0.0924. The highest BCUT2D eigenvalue weighted by atomic mass is 16.5. The van der Waals surface area contributed by atoms with E-state index in [2.05, 4.69) is 46.6 Å². The van der Waals surface area contributed by atoms with Crippen molar-refractivity contribution < 1.29 is 9.32 Å². The van der Waals surface area contributed by atoms with E-state index in [4.69, 9.17) is 4.52 Å². The zero-order chi connectivity index (χ0) is 18.7. The quantitative estimate of drug-likeness (QED) is 0.851. The number of amides is 1. The molecule has 1 N–H and O–H groups in total. The Morgan fingerprint density at radius 1 is 1.23 bits per heavy atom. The average molecular weight is 355 g/mol. The molecule has 1 aliphatic heterocycles. The average Bonchev–Trinajstić information content (AvgIpc) is 3.26. The number of nitrogens with zero attached hydrogens (tertiary/aromatic N) is 2. The molecule has 1 aliphatic rings. The van der Waals surface area contributed by atoms with Gasteiger partial charge >= 0.3 is 0 Å². The van der Waals surface area contributed by atoms with E-state index in [-0.39, 0.29) is 17.9 Å². The third-order valence-corrected chi connectivity index (χ3v) is 5.23. The minimum absolute atomic E-state index is 0.0924. The van der Waals surface area contributed by atoms with E-state index in [9.17, 15) is 4.79 Å². The SMILES string of the molecule is Cc1ccccc1C(CNC(=O)c1c(C)noc1C(C)C)N1CCCC1. The highest BCUT2D eigenvalue weighted by molar-refractivity contribution is 5.96. The first-order valence-electron chi connectivity index (χ1n) is 9.53. The molecule has 0 saturated carbocycles. The van der Waals surface area contributed by atoms with Crippen LogP contribution >= 0.6 is 0 Å². The molecule has 2 aromatic rings. The largest absolute Gasteiger partial charge is 0.360 e. The number of aromatic nitrogens is 1. The molecule has 1 aromatic heterocycles. The van der Waals surface area contributed by atoms with E-state index in [1.807, 2.05) is 20.8 Å². The molecule has 0 radical (unpaired) electrons. The van der Waals surface area contributed by atoms with Crippen LogP contribution in [0.15, 0.2) is 28.8 Å². The maximum Gasteiger partial charge on any atom is 0.256 e. The highest BCUT2D eigenvalue weighted by Crippen LogP contribution is 2.27. The number of hydrogen-bond donors (Lipinski definition) is 1. The van der Waals surface area contributed by atoms with Crippen molar-refractivity contribution in [1.82, 2.24) is 15.4 Å². The van der Waals surface area contributed by atoms with Gasteiger partial charge in [-0.2, -0.15) is 0 Å². The lowest BCUT2D eigenvalue weighted by Gasteiger charge is -2.29. The number of benzene rings is 1. The van der Waals surface area contributed by atoms with Crippen LogP contribution in [0.25, 0.3) is 0 Å². The summed E-state index contributed by atoms with van der Waals surface area (Å²) < 4.78 is 5.37. The number of carbonyl (C=O) groups excluding carboxylic acids is 1. The van der Waals surface area contributed by atoms with E-state index >= 15 is 0 Å². The van der Waals surface area contributed by atoms with Gasteiger partial charge in [0.05, 0.1) is 11.7 Å². The summed E-state index contributed by atoms with van der Waals surface area (Å²) in [5.74, 6) is 0.696. The van der Waals surface area contributed by atoms with Crippen molar-refractivity contribution in [2.75, 3.05) is 19.6 Å². The Labute approximate surface area is 155 Å². The Kier molecular flexibility index (Phi) is 5.77. The van der Waals surface area contributed by atoms with Crippen molar-refractivity contribution in [3.8, 4) is 0 Å². The second-order valence-electron chi connectivity index (χ2n) is 7.49. The van der Waals surface area contributed by atoms with Crippen molar-refractivity contribution in [2.45, 2.75) is 52.5 Å². The molecule has 3 rings (SSSR count). The summed E-state index contributed by atoms with van der Waals surface area (Å²) in [6.07, 6.45) is 2.44.